The predicted molar refractivity (Wildman–Crippen MR) is 86.4 cm³/mol. The van der Waals surface area contributed by atoms with Crippen molar-refractivity contribution >= 4 is 11.8 Å². The number of hydrazine groups is 1. The van der Waals surface area contributed by atoms with Gasteiger partial charge >= 0.3 is 0 Å². The maximum atomic E-state index is 12.3. The van der Waals surface area contributed by atoms with Crippen LogP contribution in [0.5, 0.6) is 5.75 Å². The molecule has 2 fully saturated rings. The zero-order chi connectivity index (χ0) is 16.7. The van der Waals surface area contributed by atoms with Gasteiger partial charge < -0.3 is 5.11 Å². The topological polar surface area (TPSA) is 81.7 Å². The van der Waals surface area contributed by atoms with E-state index < -0.39 is 18.0 Å². The largest absolute Gasteiger partial charge is 0.508 e. The lowest BCUT2D eigenvalue weighted by molar-refractivity contribution is -0.127. The predicted octanol–water partition coefficient (Wildman–Crippen LogP) is 1.09. The highest BCUT2D eigenvalue weighted by Gasteiger charge is 2.55. The molecular formula is C18H17N3O3. The quantitative estimate of drug-likeness (QED) is 0.737. The number of nitrogens with one attached hydrogen (secondary N) is 2. The Kier molecular flexibility index (Phi) is 3.55. The van der Waals surface area contributed by atoms with E-state index in [-0.39, 0.29) is 17.6 Å². The molecule has 2 amide bonds. The van der Waals surface area contributed by atoms with Crippen molar-refractivity contribution in [2.75, 3.05) is 0 Å². The van der Waals surface area contributed by atoms with E-state index >= 15 is 0 Å². The van der Waals surface area contributed by atoms with Crippen LogP contribution in [0.2, 0.25) is 0 Å². The van der Waals surface area contributed by atoms with Gasteiger partial charge in [-0.2, -0.15) is 0 Å². The van der Waals surface area contributed by atoms with E-state index in [1.54, 1.807) is 29.3 Å². The van der Waals surface area contributed by atoms with Gasteiger partial charge in [-0.1, -0.05) is 48.5 Å². The second kappa shape index (κ2) is 5.74. The third kappa shape index (κ3) is 2.36. The lowest BCUT2D eigenvalue weighted by Gasteiger charge is -2.22. The molecule has 4 rings (SSSR count). The molecule has 0 unspecified atom stereocenters. The van der Waals surface area contributed by atoms with Gasteiger partial charge in [0.1, 0.15) is 11.8 Å². The molecule has 0 saturated carbocycles. The van der Waals surface area contributed by atoms with Crippen LogP contribution >= 0.6 is 0 Å². The van der Waals surface area contributed by atoms with Gasteiger partial charge in [0, 0.05) is 12.1 Å². The molecule has 3 N–H and O–H groups in total. The summed E-state index contributed by atoms with van der Waals surface area (Å²) in [4.78, 5) is 24.5. The number of carbonyl (C=O) groups is 2. The van der Waals surface area contributed by atoms with Crippen molar-refractivity contribution in [3.05, 3.63) is 65.7 Å². The number of phenols is 1. The number of para-hydroxylation sites is 1. The van der Waals surface area contributed by atoms with Crippen LogP contribution in [0.25, 0.3) is 0 Å². The summed E-state index contributed by atoms with van der Waals surface area (Å²) in [7, 11) is 0. The van der Waals surface area contributed by atoms with Crippen molar-refractivity contribution < 1.29 is 14.7 Å². The van der Waals surface area contributed by atoms with E-state index in [9.17, 15) is 14.7 Å². The number of phenolic OH excluding ortho intramolecular Hbond substituents is 1. The van der Waals surface area contributed by atoms with Gasteiger partial charge in [-0.15, -0.1) is 0 Å². The van der Waals surface area contributed by atoms with Crippen LogP contribution in [0.3, 0.4) is 0 Å². The van der Waals surface area contributed by atoms with Crippen molar-refractivity contribution in [1.82, 2.24) is 15.8 Å². The summed E-state index contributed by atoms with van der Waals surface area (Å²) < 4.78 is 0. The molecule has 24 heavy (non-hydrogen) atoms. The highest BCUT2D eigenvalue weighted by atomic mass is 16.3. The second-order valence-corrected chi connectivity index (χ2v) is 6.10. The second-order valence-electron chi connectivity index (χ2n) is 6.10. The molecule has 2 aliphatic heterocycles. The number of benzene rings is 2. The number of imide groups is 1. The monoisotopic (exact) mass is 323 g/mol. The Morgan fingerprint density at radius 2 is 1.67 bits per heavy atom. The molecule has 0 bridgehead atoms. The minimum atomic E-state index is -0.581. The summed E-state index contributed by atoms with van der Waals surface area (Å²) in [6.45, 7) is 0.493. The number of rotatable bonds is 3. The number of fused-ring (bicyclic) bond motifs is 1. The molecule has 6 nitrogen and oxygen atoms in total. The fourth-order valence-electron chi connectivity index (χ4n) is 3.53. The Morgan fingerprint density at radius 3 is 2.42 bits per heavy atom. The Labute approximate surface area is 139 Å². The van der Waals surface area contributed by atoms with Crippen LogP contribution in [-0.4, -0.2) is 28.0 Å². The van der Waals surface area contributed by atoms with Crippen molar-refractivity contribution in [3.8, 4) is 5.75 Å². The molecule has 2 aromatic carbocycles. The summed E-state index contributed by atoms with van der Waals surface area (Å²) >= 11 is 0. The van der Waals surface area contributed by atoms with E-state index in [1.165, 1.54) is 0 Å². The first kappa shape index (κ1) is 14.9. The smallest absolute Gasteiger partial charge is 0.246 e. The van der Waals surface area contributed by atoms with Gasteiger partial charge in [-0.3, -0.25) is 14.9 Å². The molecule has 0 spiro atoms. The summed E-state index contributed by atoms with van der Waals surface area (Å²) in [6.07, 6.45) is 0. The number of hydrogen-bond acceptors (Lipinski definition) is 5. The molecular weight excluding hydrogens is 306 g/mol. The van der Waals surface area contributed by atoms with Crippen LogP contribution in [0.1, 0.15) is 17.2 Å². The van der Waals surface area contributed by atoms with E-state index in [4.69, 9.17) is 0 Å². The van der Waals surface area contributed by atoms with Crippen LogP contribution in [0.4, 0.5) is 0 Å². The highest BCUT2D eigenvalue weighted by molar-refractivity contribution is 6.07. The number of nitrogens with zero attached hydrogens (tertiary/aromatic N) is 1. The van der Waals surface area contributed by atoms with Crippen LogP contribution in [-0.2, 0) is 16.1 Å². The number of aromatic hydroxyl groups is 1. The fourth-order valence-corrected chi connectivity index (χ4v) is 3.53. The number of amides is 2. The van der Waals surface area contributed by atoms with Crippen LogP contribution in [0, 0.1) is 5.92 Å². The molecule has 6 heteroatoms. The first-order valence-corrected chi connectivity index (χ1v) is 7.84. The maximum Gasteiger partial charge on any atom is 0.246 e. The lowest BCUT2D eigenvalue weighted by Crippen LogP contribution is -2.43. The first-order valence-electron chi connectivity index (χ1n) is 7.84. The van der Waals surface area contributed by atoms with Crippen molar-refractivity contribution in [2.24, 2.45) is 5.92 Å². The zero-order valence-corrected chi connectivity index (χ0v) is 12.8. The summed E-state index contributed by atoms with van der Waals surface area (Å²) in [5.74, 6) is -1.05. The Morgan fingerprint density at radius 1 is 0.958 bits per heavy atom. The van der Waals surface area contributed by atoms with Crippen molar-refractivity contribution in [3.63, 3.8) is 0 Å². The fraction of sp³-hybridized carbons (Fsp3) is 0.222. The molecule has 2 aliphatic rings. The van der Waals surface area contributed by atoms with E-state index in [0.29, 0.717) is 12.1 Å². The Bertz CT molecular complexity index is 793. The molecule has 3 atom stereocenters. The normalized spacial score (nSPS) is 26.4. The standard InChI is InChI=1S/C18H17N3O3/c22-13-9-5-4-8-12(13)15-14-16(18(24)19-17(14)23)21(20-15)10-11-6-2-1-3-7-11/h1-9,14-16,20,22H,10H2,(H,19,23,24)/t14-,15+,16-/m1/s1. The van der Waals surface area contributed by atoms with E-state index in [0.717, 1.165) is 5.56 Å². The van der Waals surface area contributed by atoms with Crippen LogP contribution < -0.4 is 10.7 Å². The summed E-state index contributed by atoms with van der Waals surface area (Å²) in [5, 5.41) is 14.3. The summed E-state index contributed by atoms with van der Waals surface area (Å²) in [6, 6.07) is 15.6. The van der Waals surface area contributed by atoms with Gasteiger partial charge in [0.25, 0.3) is 0 Å². The lowest BCUT2D eigenvalue weighted by atomic mass is 9.90. The Balaban J connectivity index is 1.69. The molecule has 0 aromatic heterocycles. The zero-order valence-electron chi connectivity index (χ0n) is 12.8. The van der Waals surface area contributed by atoms with Crippen LogP contribution in [0.15, 0.2) is 54.6 Å². The highest BCUT2D eigenvalue weighted by Crippen LogP contribution is 2.40. The van der Waals surface area contributed by atoms with Gasteiger partial charge in [0.15, 0.2) is 0 Å². The molecule has 2 saturated heterocycles. The van der Waals surface area contributed by atoms with Crippen molar-refractivity contribution in [1.29, 1.82) is 0 Å². The molecule has 0 aliphatic carbocycles. The maximum absolute atomic E-state index is 12.3. The average molecular weight is 323 g/mol. The summed E-state index contributed by atoms with van der Waals surface area (Å²) in [5.41, 5.74) is 4.91. The number of hydrogen-bond donors (Lipinski definition) is 3. The van der Waals surface area contributed by atoms with Crippen molar-refractivity contribution in [2.45, 2.75) is 18.6 Å². The minimum Gasteiger partial charge on any atom is -0.508 e. The minimum absolute atomic E-state index is 0.113. The molecule has 0 radical (unpaired) electrons. The molecule has 2 aromatic rings. The van der Waals surface area contributed by atoms with Gasteiger partial charge in [0.05, 0.1) is 12.0 Å². The van der Waals surface area contributed by atoms with Gasteiger partial charge in [0.2, 0.25) is 11.8 Å². The third-order valence-electron chi connectivity index (χ3n) is 4.63. The van der Waals surface area contributed by atoms with E-state index in [2.05, 4.69) is 10.7 Å². The first-order chi connectivity index (χ1) is 11.6. The van der Waals surface area contributed by atoms with E-state index in [1.807, 2.05) is 30.3 Å². The third-order valence-corrected chi connectivity index (χ3v) is 4.63. The average Bonchev–Trinajstić information content (AvgIpc) is 3.09. The molecule has 122 valence electrons. The SMILES string of the molecule is O=C1NC(=O)[C@H]2[C@H]1[C@H](c1ccccc1O)NN2Cc1ccccc1. The molecule has 2 heterocycles. The Hall–Kier alpha value is -2.70. The van der Waals surface area contributed by atoms with Gasteiger partial charge in [-0.05, 0) is 11.6 Å². The number of carbonyl (C=O) groups excluding carboxylic acids is 2. The van der Waals surface area contributed by atoms with Gasteiger partial charge in [-0.25, -0.2) is 10.4 Å².